The summed E-state index contributed by atoms with van der Waals surface area (Å²) in [7, 11) is 1.32. The zero-order valence-corrected chi connectivity index (χ0v) is 11.2. The number of benzene rings is 2. The van der Waals surface area contributed by atoms with E-state index in [1.54, 1.807) is 36.4 Å². The van der Waals surface area contributed by atoms with Crippen molar-refractivity contribution >= 4 is 17.3 Å². The molecular formula is C16H10N2O3. The number of nitrogens with zero attached hydrogens (tertiary/aromatic N) is 2. The molecule has 2 rings (SSSR count). The van der Waals surface area contributed by atoms with Crippen molar-refractivity contribution in [2.75, 3.05) is 7.11 Å². The summed E-state index contributed by atoms with van der Waals surface area (Å²) in [6.45, 7) is 14.0. The Morgan fingerprint density at radius 1 is 0.952 bits per heavy atom. The van der Waals surface area contributed by atoms with Gasteiger partial charge in [-0.15, -0.1) is 0 Å². The van der Waals surface area contributed by atoms with E-state index in [1.165, 1.54) is 13.2 Å². The third kappa shape index (κ3) is 3.17. The standard InChI is InChI=1S/C16H10N2O3/c1-17-14-9-8-13(10-15(14)18-2)21-12-6-4-11(5-7-12)16(19)20-3/h4-10H,3H3. The Bertz CT molecular complexity index is 753. The summed E-state index contributed by atoms with van der Waals surface area (Å²) in [4.78, 5) is 17.9. The van der Waals surface area contributed by atoms with Crippen molar-refractivity contribution in [2.45, 2.75) is 0 Å². The van der Waals surface area contributed by atoms with Crippen LogP contribution in [0.4, 0.5) is 11.4 Å². The van der Waals surface area contributed by atoms with Gasteiger partial charge < -0.3 is 9.47 Å². The maximum Gasteiger partial charge on any atom is 0.337 e. The van der Waals surface area contributed by atoms with Gasteiger partial charge in [-0.25, -0.2) is 9.64 Å². The van der Waals surface area contributed by atoms with Gasteiger partial charge in [0.25, 0.3) is 0 Å². The van der Waals surface area contributed by atoms with Crippen LogP contribution in [0, 0.1) is 13.1 Å². The van der Waals surface area contributed by atoms with Gasteiger partial charge in [0.05, 0.1) is 25.8 Å². The molecule has 0 aliphatic heterocycles. The predicted molar refractivity (Wildman–Crippen MR) is 76.8 cm³/mol. The maximum absolute atomic E-state index is 11.3. The number of hydrogen-bond donors (Lipinski definition) is 0. The number of rotatable bonds is 3. The van der Waals surface area contributed by atoms with Crippen molar-refractivity contribution in [3.63, 3.8) is 0 Å². The van der Waals surface area contributed by atoms with Crippen LogP contribution in [-0.2, 0) is 4.74 Å². The molecule has 0 aromatic heterocycles. The molecule has 102 valence electrons. The number of ether oxygens (including phenoxy) is 2. The quantitative estimate of drug-likeness (QED) is 0.618. The lowest BCUT2D eigenvalue weighted by Gasteiger charge is -2.07. The van der Waals surface area contributed by atoms with Crippen LogP contribution in [0.3, 0.4) is 0 Å². The molecule has 0 amide bonds. The Balaban J connectivity index is 2.21. The van der Waals surface area contributed by atoms with Gasteiger partial charge in [0.2, 0.25) is 0 Å². The topological polar surface area (TPSA) is 44.2 Å². The Hall–Kier alpha value is -3.31. The van der Waals surface area contributed by atoms with Crippen molar-refractivity contribution in [3.05, 3.63) is 70.9 Å². The summed E-state index contributed by atoms with van der Waals surface area (Å²) in [6, 6.07) is 11.1. The van der Waals surface area contributed by atoms with E-state index in [2.05, 4.69) is 14.4 Å². The second-order valence-corrected chi connectivity index (χ2v) is 3.99. The van der Waals surface area contributed by atoms with Gasteiger partial charge in [-0.05, 0) is 36.4 Å². The molecule has 0 saturated heterocycles. The Labute approximate surface area is 122 Å². The van der Waals surface area contributed by atoms with Gasteiger partial charge in [0, 0.05) is 0 Å². The molecule has 0 aliphatic rings. The number of carbonyl (C=O) groups is 1. The molecule has 0 aliphatic carbocycles. The van der Waals surface area contributed by atoms with Crippen molar-refractivity contribution in [1.29, 1.82) is 0 Å². The highest BCUT2D eigenvalue weighted by Gasteiger charge is 2.07. The molecule has 0 N–H and O–H groups in total. The molecule has 2 aromatic rings. The predicted octanol–water partition coefficient (Wildman–Crippen LogP) is 4.37. The first-order chi connectivity index (χ1) is 10.2. The average molecular weight is 278 g/mol. The summed E-state index contributed by atoms with van der Waals surface area (Å²) < 4.78 is 10.2. The molecule has 0 atom stereocenters. The Morgan fingerprint density at radius 2 is 1.57 bits per heavy atom. The summed E-state index contributed by atoms with van der Waals surface area (Å²) in [5.41, 5.74) is 0.960. The molecule has 0 spiro atoms. The summed E-state index contributed by atoms with van der Waals surface area (Å²) in [5.74, 6) is 0.562. The summed E-state index contributed by atoms with van der Waals surface area (Å²) >= 11 is 0. The molecular weight excluding hydrogens is 268 g/mol. The monoisotopic (exact) mass is 278 g/mol. The Morgan fingerprint density at radius 3 is 2.14 bits per heavy atom. The van der Waals surface area contributed by atoms with Crippen molar-refractivity contribution < 1.29 is 14.3 Å². The molecule has 0 heterocycles. The summed E-state index contributed by atoms with van der Waals surface area (Å²) in [5, 5.41) is 0. The minimum atomic E-state index is -0.418. The van der Waals surface area contributed by atoms with Crippen LogP contribution in [0.5, 0.6) is 11.5 Å². The maximum atomic E-state index is 11.3. The molecule has 21 heavy (non-hydrogen) atoms. The highest BCUT2D eigenvalue weighted by Crippen LogP contribution is 2.33. The molecule has 0 bridgehead atoms. The first-order valence-electron chi connectivity index (χ1n) is 5.93. The minimum Gasteiger partial charge on any atom is -0.465 e. The number of hydrogen-bond acceptors (Lipinski definition) is 3. The van der Waals surface area contributed by atoms with Crippen LogP contribution in [0.15, 0.2) is 42.5 Å². The fourth-order valence-corrected chi connectivity index (χ4v) is 1.66. The molecule has 0 radical (unpaired) electrons. The number of carbonyl (C=O) groups excluding carboxylic acids is 1. The lowest BCUT2D eigenvalue weighted by molar-refractivity contribution is 0.0600. The fraction of sp³-hybridized carbons (Fsp3) is 0.0625. The van der Waals surface area contributed by atoms with Gasteiger partial charge in [-0.2, -0.15) is 0 Å². The van der Waals surface area contributed by atoms with Gasteiger partial charge in [-0.1, -0.05) is 6.07 Å². The third-order valence-electron chi connectivity index (χ3n) is 2.70. The van der Waals surface area contributed by atoms with E-state index in [1.807, 2.05) is 0 Å². The van der Waals surface area contributed by atoms with Crippen LogP contribution in [0.2, 0.25) is 0 Å². The van der Waals surface area contributed by atoms with Crippen LogP contribution >= 0.6 is 0 Å². The number of esters is 1. The minimum absolute atomic E-state index is 0.244. The molecule has 0 unspecified atom stereocenters. The molecule has 2 aromatic carbocycles. The van der Waals surface area contributed by atoms with Crippen molar-refractivity contribution in [3.8, 4) is 11.5 Å². The zero-order chi connectivity index (χ0) is 15.2. The van der Waals surface area contributed by atoms with Crippen molar-refractivity contribution in [1.82, 2.24) is 0 Å². The average Bonchev–Trinajstić information content (AvgIpc) is 2.54. The summed E-state index contributed by atoms with van der Waals surface area (Å²) in [6.07, 6.45) is 0. The Kier molecular flexibility index (Phi) is 4.18. The second kappa shape index (κ2) is 6.23. The van der Waals surface area contributed by atoms with E-state index < -0.39 is 5.97 Å². The first-order valence-corrected chi connectivity index (χ1v) is 5.93. The van der Waals surface area contributed by atoms with Gasteiger partial charge >= 0.3 is 5.97 Å². The molecule has 0 fully saturated rings. The van der Waals surface area contributed by atoms with Gasteiger partial charge in [-0.3, -0.25) is 4.85 Å². The van der Waals surface area contributed by atoms with E-state index in [0.29, 0.717) is 22.7 Å². The van der Waals surface area contributed by atoms with Crippen LogP contribution in [0.25, 0.3) is 9.69 Å². The lowest BCUT2D eigenvalue weighted by atomic mass is 10.2. The van der Waals surface area contributed by atoms with Crippen LogP contribution < -0.4 is 4.74 Å². The van der Waals surface area contributed by atoms with Crippen LogP contribution in [0.1, 0.15) is 10.4 Å². The van der Waals surface area contributed by atoms with E-state index in [4.69, 9.17) is 17.9 Å². The molecule has 5 heteroatoms. The SMILES string of the molecule is [C-]#[N+]c1ccc(Oc2ccc(C(=O)OC)cc2)cc1[N+]#[C-]. The van der Waals surface area contributed by atoms with Crippen molar-refractivity contribution in [2.24, 2.45) is 0 Å². The first kappa shape index (κ1) is 14.1. The highest BCUT2D eigenvalue weighted by atomic mass is 16.5. The zero-order valence-electron chi connectivity index (χ0n) is 11.2. The van der Waals surface area contributed by atoms with Gasteiger partial charge in [0.1, 0.15) is 11.5 Å². The highest BCUT2D eigenvalue weighted by molar-refractivity contribution is 5.89. The van der Waals surface area contributed by atoms with Gasteiger partial charge in [0.15, 0.2) is 11.4 Å². The molecule has 5 nitrogen and oxygen atoms in total. The van der Waals surface area contributed by atoms with Crippen LogP contribution in [-0.4, -0.2) is 13.1 Å². The molecule has 0 saturated carbocycles. The lowest BCUT2D eigenvalue weighted by Crippen LogP contribution is -2.00. The normalized spacial score (nSPS) is 9.29. The van der Waals surface area contributed by atoms with E-state index in [0.717, 1.165) is 0 Å². The van der Waals surface area contributed by atoms with E-state index in [9.17, 15) is 4.79 Å². The fourth-order valence-electron chi connectivity index (χ4n) is 1.66. The third-order valence-corrected chi connectivity index (χ3v) is 2.70. The number of methoxy groups -OCH3 is 1. The largest absolute Gasteiger partial charge is 0.465 e. The van der Waals surface area contributed by atoms with E-state index >= 15 is 0 Å². The smallest absolute Gasteiger partial charge is 0.337 e. The second-order valence-electron chi connectivity index (χ2n) is 3.99. The van der Waals surface area contributed by atoms with E-state index in [-0.39, 0.29) is 5.69 Å².